The normalized spacial score (nSPS) is 17.8. The minimum Gasteiger partial charge on any atom is -0.377 e. The fourth-order valence-electron chi connectivity index (χ4n) is 2.06. The summed E-state index contributed by atoms with van der Waals surface area (Å²) in [5.74, 6) is 1.12. The lowest BCUT2D eigenvalue weighted by Crippen LogP contribution is -2.09. The number of anilines is 1. The van der Waals surface area contributed by atoms with Crippen LogP contribution in [-0.2, 0) is 0 Å². The maximum Gasteiger partial charge on any atom is 0.0618 e. The lowest BCUT2D eigenvalue weighted by Gasteiger charge is -2.14. The number of nitrogens with one attached hydrogen (secondary N) is 1. The van der Waals surface area contributed by atoms with Crippen molar-refractivity contribution in [3.63, 3.8) is 0 Å². The van der Waals surface area contributed by atoms with Crippen LogP contribution in [0, 0.1) is 3.57 Å². The van der Waals surface area contributed by atoms with Crippen LogP contribution in [0.1, 0.15) is 11.6 Å². The van der Waals surface area contributed by atoms with Crippen molar-refractivity contribution < 1.29 is 0 Å². The zero-order chi connectivity index (χ0) is 11.7. The topological polar surface area (TPSA) is 12.0 Å². The van der Waals surface area contributed by atoms with Gasteiger partial charge >= 0.3 is 0 Å². The molecule has 0 amide bonds. The molecule has 86 valence electrons. The van der Waals surface area contributed by atoms with Gasteiger partial charge in [-0.3, -0.25) is 0 Å². The zero-order valence-corrected chi connectivity index (χ0v) is 12.2. The van der Waals surface area contributed by atoms with Gasteiger partial charge in [-0.25, -0.2) is 0 Å². The molecule has 1 heterocycles. The van der Waals surface area contributed by atoms with E-state index in [4.69, 9.17) is 0 Å². The molecule has 2 aromatic rings. The van der Waals surface area contributed by atoms with Crippen LogP contribution in [0.2, 0.25) is 0 Å². The number of fused-ring (bicyclic) bond motifs is 1. The monoisotopic (exact) mass is 353 g/mol. The second-order valence-corrected chi connectivity index (χ2v) is 6.36. The maximum absolute atomic E-state index is 3.61. The largest absolute Gasteiger partial charge is 0.377 e. The van der Waals surface area contributed by atoms with E-state index in [9.17, 15) is 0 Å². The molecule has 3 heteroatoms. The standard InChI is InChI=1S/C14H12INS/c15-10-4-3-5-11(8-10)16-13-9-17-14-7-2-1-6-12(13)14/h1-8,13,16H,9H2. The van der Waals surface area contributed by atoms with Gasteiger partial charge in [-0.2, -0.15) is 0 Å². The molecule has 0 saturated carbocycles. The Kier molecular flexibility index (Phi) is 3.29. The Balaban J connectivity index is 1.84. The summed E-state index contributed by atoms with van der Waals surface area (Å²) in [5.41, 5.74) is 2.63. The van der Waals surface area contributed by atoms with Crippen LogP contribution in [-0.4, -0.2) is 5.75 Å². The van der Waals surface area contributed by atoms with Crippen LogP contribution < -0.4 is 5.32 Å². The van der Waals surface area contributed by atoms with Crippen molar-refractivity contribution >= 4 is 40.0 Å². The minimum atomic E-state index is 0.439. The van der Waals surface area contributed by atoms with E-state index in [-0.39, 0.29) is 0 Å². The van der Waals surface area contributed by atoms with Gasteiger partial charge in [-0.15, -0.1) is 11.8 Å². The van der Waals surface area contributed by atoms with Gasteiger partial charge < -0.3 is 5.32 Å². The highest BCUT2D eigenvalue weighted by Gasteiger charge is 2.22. The Morgan fingerprint density at radius 2 is 2.00 bits per heavy atom. The van der Waals surface area contributed by atoms with Crippen LogP contribution >= 0.6 is 34.4 Å². The summed E-state index contributed by atoms with van der Waals surface area (Å²) in [6.07, 6.45) is 0. The van der Waals surface area contributed by atoms with Crippen molar-refractivity contribution in [3.8, 4) is 0 Å². The number of rotatable bonds is 2. The summed E-state index contributed by atoms with van der Waals surface area (Å²) in [6, 6.07) is 17.6. The van der Waals surface area contributed by atoms with Crippen LogP contribution in [0.25, 0.3) is 0 Å². The molecular weight excluding hydrogens is 341 g/mol. The Morgan fingerprint density at radius 3 is 2.88 bits per heavy atom. The third kappa shape index (κ3) is 2.45. The van der Waals surface area contributed by atoms with E-state index >= 15 is 0 Å². The van der Waals surface area contributed by atoms with Gasteiger partial charge in [0, 0.05) is 19.9 Å². The van der Waals surface area contributed by atoms with E-state index < -0.39 is 0 Å². The summed E-state index contributed by atoms with van der Waals surface area (Å²) >= 11 is 4.28. The molecule has 0 aliphatic carbocycles. The molecule has 1 aliphatic rings. The first-order chi connectivity index (χ1) is 8.33. The smallest absolute Gasteiger partial charge is 0.0618 e. The Hall–Kier alpha value is -0.680. The molecule has 1 atom stereocenters. The van der Waals surface area contributed by atoms with Crippen LogP contribution in [0.5, 0.6) is 0 Å². The Morgan fingerprint density at radius 1 is 1.12 bits per heavy atom. The number of halogens is 1. The molecule has 1 N–H and O–H groups in total. The maximum atomic E-state index is 3.61. The first-order valence-corrected chi connectivity index (χ1v) is 7.63. The highest BCUT2D eigenvalue weighted by Crippen LogP contribution is 2.39. The van der Waals surface area contributed by atoms with Gasteiger partial charge in [-0.05, 0) is 52.4 Å². The van der Waals surface area contributed by atoms with E-state index in [1.165, 1.54) is 19.7 Å². The van der Waals surface area contributed by atoms with Gasteiger partial charge in [0.05, 0.1) is 6.04 Å². The Labute approximate surface area is 119 Å². The van der Waals surface area contributed by atoms with Crippen LogP contribution in [0.3, 0.4) is 0 Å². The lowest BCUT2D eigenvalue weighted by molar-refractivity contribution is 0.900. The number of thioether (sulfide) groups is 1. The highest BCUT2D eigenvalue weighted by atomic mass is 127. The highest BCUT2D eigenvalue weighted by molar-refractivity contribution is 14.1. The molecule has 0 radical (unpaired) electrons. The van der Waals surface area contributed by atoms with Crippen molar-refractivity contribution in [3.05, 3.63) is 57.7 Å². The molecule has 0 saturated heterocycles. The molecule has 0 aromatic heterocycles. The molecule has 0 bridgehead atoms. The first-order valence-electron chi connectivity index (χ1n) is 5.57. The molecule has 2 aromatic carbocycles. The molecule has 17 heavy (non-hydrogen) atoms. The molecule has 1 aliphatic heterocycles. The van der Waals surface area contributed by atoms with Gasteiger partial charge in [0.15, 0.2) is 0 Å². The van der Waals surface area contributed by atoms with Gasteiger partial charge in [-0.1, -0.05) is 24.3 Å². The zero-order valence-electron chi connectivity index (χ0n) is 9.19. The third-order valence-electron chi connectivity index (χ3n) is 2.87. The van der Waals surface area contributed by atoms with Gasteiger partial charge in [0.1, 0.15) is 0 Å². The van der Waals surface area contributed by atoms with Crippen molar-refractivity contribution in [2.45, 2.75) is 10.9 Å². The number of hydrogen-bond acceptors (Lipinski definition) is 2. The lowest BCUT2D eigenvalue weighted by atomic mass is 10.1. The molecule has 0 spiro atoms. The van der Waals surface area contributed by atoms with Crippen molar-refractivity contribution in [1.29, 1.82) is 0 Å². The van der Waals surface area contributed by atoms with Crippen molar-refractivity contribution in [2.75, 3.05) is 11.1 Å². The quantitative estimate of drug-likeness (QED) is 0.795. The predicted molar refractivity (Wildman–Crippen MR) is 82.7 cm³/mol. The van der Waals surface area contributed by atoms with Crippen LogP contribution in [0.15, 0.2) is 53.4 Å². The van der Waals surface area contributed by atoms with E-state index in [1.54, 1.807) is 0 Å². The number of benzene rings is 2. The average Bonchev–Trinajstić information content (AvgIpc) is 2.73. The van der Waals surface area contributed by atoms with E-state index in [1.807, 2.05) is 11.8 Å². The average molecular weight is 353 g/mol. The molecule has 1 nitrogen and oxygen atoms in total. The fourth-order valence-corrected chi connectivity index (χ4v) is 3.77. The summed E-state index contributed by atoms with van der Waals surface area (Å²) in [6.45, 7) is 0. The van der Waals surface area contributed by atoms with E-state index in [0.29, 0.717) is 6.04 Å². The first kappa shape index (κ1) is 11.4. The minimum absolute atomic E-state index is 0.439. The van der Waals surface area contributed by atoms with Crippen molar-refractivity contribution in [1.82, 2.24) is 0 Å². The van der Waals surface area contributed by atoms with E-state index in [2.05, 4.69) is 76.4 Å². The summed E-state index contributed by atoms with van der Waals surface area (Å²) < 4.78 is 1.27. The second-order valence-electron chi connectivity index (χ2n) is 4.06. The van der Waals surface area contributed by atoms with E-state index in [0.717, 1.165) is 5.75 Å². The molecule has 3 rings (SSSR count). The van der Waals surface area contributed by atoms with Crippen molar-refractivity contribution in [2.24, 2.45) is 0 Å². The second kappa shape index (κ2) is 4.90. The molecule has 1 unspecified atom stereocenters. The number of hydrogen-bond donors (Lipinski definition) is 1. The molecule has 0 fully saturated rings. The molecular formula is C14H12INS. The summed E-state index contributed by atoms with van der Waals surface area (Å²) in [4.78, 5) is 1.41. The van der Waals surface area contributed by atoms with Gasteiger partial charge in [0.25, 0.3) is 0 Å². The predicted octanol–water partition coefficient (Wildman–Crippen LogP) is 4.55. The fraction of sp³-hybridized carbons (Fsp3) is 0.143. The third-order valence-corrected chi connectivity index (χ3v) is 4.72. The summed E-state index contributed by atoms with van der Waals surface area (Å²) in [5, 5.41) is 3.61. The summed E-state index contributed by atoms with van der Waals surface area (Å²) in [7, 11) is 0. The Bertz CT molecular complexity index is 541. The van der Waals surface area contributed by atoms with Gasteiger partial charge in [0.2, 0.25) is 0 Å². The van der Waals surface area contributed by atoms with Crippen LogP contribution in [0.4, 0.5) is 5.69 Å². The SMILES string of the molecule is Ic1cccc(NC2CSc3ccccc32)c1.